The smallest absolute Gasteiger partial charge is 0.271 e. The second kappa shape index (κ2) is 6.31. The Morgan fingerprint density at radius 2 is 1.86 bits per heavy atom. The molecule has 0 amide bonds. The first-order valence-electron chi connectivity index (χ1n) is 7.17. The van der Waals surface area contributed by atoms with E-state index in [0.29, 0.717) is 11.1 Å². The van der Waals surface area contributed by atoms with Crippen LogP contribution in [-0.4, -0.2) is 44.4 Å². The van der Waals surface area contributed by atoms with Crippen LogP contribution in [0.5, 0.6) is 0 Å². The summed E-state index contributed by atoms with van der Waals surface area (Å²) in [5.41, 5.74) is 0.941. The topological polar surface area (TPSA) is 92.5 Å². The number of nitrogens with one attached hydrogen (secondary N) is 1. The van der Waals surface area contributed by atoms with Crippen molar-refractivity contribution in [2.75, 3.05) is 20.1 Å². The lowest BCUT2D eigenvalue weighted by Gasteiger charge is -2.29. The Hall–Kier alpha value is -1.51. The molecule has 0 aliphatic carbocycles. The van der Waals surface area contributed by atoms with Crippen LogP contribution in [-0.2, 0) is 10.0 Å². The summed E-state index contributed by atoms with van der Waals surface area (Å²) in [5, 5.41) is 11.0. The van der Waals surface area contributed by atoms with Crippen molar-refractivity contribution in [1.29, 1.82) is 0 Å². The van der Waals surface area contributed by atoms with Crippen molar-refractivity contribution >= 4 is 15.7 Å². The van der Waals surface area contributed by atoms with Crippen LogP contribution in [0, 0.1) is 24.0 Å². The number of benzene rings is 1. The van der Waals surface area contributed by atoms with Crippen molar-refractivity contribution in [2.45, 2.75) is 37.6 Å². The summed E-state index contributed by atoms with van der Waals surface area (Å²) in [6, 6.07) is 2.41. The standard InChI is InChI=1S/C14H21N3O4S/c1-10-8-13(17(18)19)9-14(11(10)2)22(20,21)15-12-4-6-16(3)7-5-12/h8-9,12,15H,4-7H2,1-3H3. The number of hydrogen-bond acceptors (Lipinski definition) is 5. The predicted molar refractivity (Wildman–Crippen MR) is 83.4 cm³/mol. The molecule has 0 radical (unpaired) electrons. The monoisotopic (exact) mass is 327 g/mol. The van der Waals surface area contributed by atoms with E-state index in [-0.39, 0.29) is 16.6 Å². The lowest BCUT2D eigenvalue weighted by molar-refractivity contribution is -0.385. The zero-order valence-corrected chi connectivity index (χ0v) is 13.8. The highest BCUT2D eigenvalue weighted by Gasteiger charge is 2.26. The molecule has 0 bridgehead atoms. The van der Waals surface area contributed by atoms with Crippen molar-refractivity contribution in [3.05, 3.63) is 33.4 Å². The summed E-state index contributed by atoms with van der Waals surface area (Å²) in [5.74, 6) is 0. The minimum Gasteiger partial charge on any atom is -0.306 e. The molecule has 0 atom stereocenters. The Kier molecular flexibility index (Phi) is 4.84. The number of nitro groups is 1. The highest BCUT2D eigenvalue weighted by molar-refractivity contribution is 7.89. The molecule has 8 heteroatoms. The first-order chi connectivity index (χ1) is 10.2. The highest BCUT2D eigenvalue weighted by atomic mass is 32.2. The number of hydrogen-bond donors (Lipinski definition) is 1. The molecule has 2 rings (SSSR count). The fraction of sp³-hybridized carbons (Fsp3) is 0.571. The maximum Gasteiger partial charge on any atom is 0.271 e. The van der Waals surface area contributed by atoms with Gasteiger partial charge in [0.25, 0.3) is 5.69 Å². The van der Waals surface area contributed by atoms with E-state index in [2.05, 4.69) is 9.62 Å². The minimum atomic E-state index is -3.76. The highest BCUT2D eigenvalue weighted by Crippen LogP contribution is 2.26. The van der Waals surface area contributed by atoms with Crippen LogP contribution in [0.15, 0.2) is 17.0 Å². The molecule has 22 heavy (non-hydrogen) atoms. The summed E-state index contributed by atoms with van der Waals surface area (Å²) in [6.45, 7) is 5.01. The number of sulfonamides is 1. The van der Waals surface area contributed by atoms with Crippen molar-refractivity contribution in [3.63, 3.8) is 0 Å². The van der Waals surface area contributed by atoms with Gasteiger partial charge >= 0.3 is 0 Å². The summed E-state index contributed by atoms with van der Waals surface area (Å²) in [7, 11) is -1.76. The van der Waals surface area contributed by atoms with Gasteiger partial charge in [0.2, 0.25) is 10.0 Å². The van der Waals surface area contributed by atoms with Crippen LogP contribution >= 0.6 is 0 Å². The zero-order chi connectivity index (χ0) is 16.5. The molecule has 122 valence electrons. The zero-order valence-electron chi connectivity index (χ0n) is 13.0. The van der Waals surface area contributed by atoms with Gasteiger partial charge in [-0.3, -0.25) is 10.1 Å². The average molecular weight is 327 g/mol. The Balaban J connectivity index is 2.31. The molecule has 0 spiro atoms. The van der Waals surface area contributed by atoms with Crippen LogP contribution in [0.4, 0.5) is 5.69 Å². The van der Waals surface area contributed by atoms with Crippen LogP contribution in [0.2, 0.25) is 0 Å². The van der Waals surface area contributed by atoms with Gasteiger partial charge in [-0.1, -0.05) is 0 Å². The molecule has 1 aliphatic heterocycles. The largest absolute Gasteiger partial charge is 0.306 e. The van der Waals surface area contributed by atoms with Gasteiger partial charge in [-0.05, 0) is 58.0 Å². The average Bonchev–Trinajstić information content (AvgIpc) is 2.43. The van der Waals surface area contributed by atoms with E-state index in [0.717, 1.165) is 32.0 Å². The second-order valence-corrected chi connectivity index (χ2v) is 7.52. The number of nitro benzene ring substituents is 1. The summed E-state index contributed by atoms with van der Waals surface area (Å²) in [4.78, 5) is 12.5. The first-order valence-corrected chi connectivity index (χ1v) is 8.65. The fourth-order valence-electron chi connectivity index (χ4n) is 2.60. The number of piperidine rings is 1. The Morgan fingerprint density at radius 1 is 1.27 bits per heavy atom. The molecule has 1 saturated heterocycles. The quantitative estimate of drug-likeness (QED) is 0.669. The van der Waals surface area contributed by atoms with Gasteiger partial charge in [-0.25, -0.2) is 13.1 Å². The second-order valence-electron chi connectivity index (χ2n) is 5.84. The van der Waals surface area contributed by atoms with E-state index in [1.807, 2.05) is 7.05 Å². The Bertz CT molecular complexity index is 680. The van der Waals surface area contributed by atoms with Gasteiger partial charge < -0.3 is 4.90 Å². The van der Waals surface area contributed by atoms with Crippen LogP contribution in [0.3, 0.4) is 0 Å². The fourth-order valence-corrected chi connectivity index (χ4v) is 4.24. The first kappa shape index (κ1) is 16.9. The van der Waals surface area contributed by atoms with Gasteiger partial charge in [0, 0.05) is 18.2 Å². The number of likely N-dealkylation sites (tertiary alicyclic amines) is 1. The molecule has 1 fully saturated rings. The van der Waals surface area contributed by atoms with E-state index in [1.165, 1.54) is 6.07 Å². The molecule has 0 aromatic heterocycles. The SMILES string of the molecule is Cc1cc([N+](=O)[O-])cc(S(=O)(=O)NC2CCN(C)CC2)c1C. The lowest BCUT2D eigenvalue weighted by atomic mass is 10.1. The van der Waals surface area contributed by atoms with Gasteiger partial charge in [0.05, 0.1) is 9.82 Å². The van der Waals surface area contributed by atoms with E-state index in [4.69, 9.17) is 0 Å². The molecule has 0 saturated carbocycles. The summed E-state index contributed by atoms with van der Waals surface area (Å²) >= 11 is 0. The number of aryl methyl sites for hydroxylation is 1. The van der Waals surface area contributed by atoms with Crippen LogP contribution < -0.4 is 4.72 Å². The molecule has 1 heterocycles. The Morgan fingerprint density at radius 3 is 2.41 bits per heavy atom. The summed E-state index contributed by atoms with van der Waals surface area (Å²) < 4.78 is 27.9. The van der Waals surface area contributed by atoms with E-state index >= 15 is 0 Å². The van der Waals surface area contributed by atoms with E-state index in [9.17, 15) is 18.5 Å². The summed E-state index contributed by atoms with van der Waals surface area (Å²) in [6.07, 6.45) is 1.48. The number of rotatable bonds is 4. The molecular formula is C14H21N3O4S. The number of non-ortho nitro benzene ring substituents is 1. The van der Waals surface area contributed by atoms with Gasteiger partial charge in [0.15, 0.2) is 0 Å². The van der Waals surface area contributed by atoms with E-state index < -0.39 is 14.9 Å². The minimum absolute atomic E-state index is 0.00173. The van der Waals surface area contributed by atoms with Crippen molar-refractivity contribution in [2.24, 2.45) is 0 Å². The number of nitrogens with zero attached hydrogens (tertiary/aromatic N) is 2. The third-order valence-corrected chi connectivity index (χ3v) is 5.79. The maximum atomic E-state index is 12.6. The van der Waals surface area contributed by atoms with Crippen molar-refractivity contribution < 1.29 is 13.3 Å². The molecule has 7 nitrogen and oxygen atoms in total. The predicted octanol–water partition coefficient (Wildman–Crippen LogP) is 1.58. The lowest BCUT2D eigenvalue weighted by Crippen LogP contribution is -2.43. The van der Waals surface area contributed by atoms with Gasteiger partial charge in [-0.15, -0.1) is 0 Å². The molecular weight excluding hydrogens is 306 g/mol. The third kappa shape index (κ3) is 3.63. The molecule has 1 aliphatic rings. The van der Waals surface area contributed by atoms with Crippen LogP contribution in [0.25, 0.3) is 0 Å². The van der Waals surface area contributed by atoms with E-state index in [1.54, 1.807) is 13.8 Å². The van der Waals surface area contributed by atoms with Crippen LogP contribution in [0.1, 0.15) is 24.0 Å². The van der Waals surface area contributed by atoms with Crippen molar-refractivity contribution in [3.8, 4) is 0 Å². The Labute approximate surface area is 130 Å². The molecule has 0 unspecified atom stereocenters. The molecule has 1 aromatic carbocycles. The normalized spacial score (nSPS) is 17.6. The van der Waals surface area contributed by atoms with Gasteiger partial charge in [-0.2, -0.15) is 0 Å². The van der Waals surface area contributed by atoms with Crippen molar-refractivity contribution in [1.82, 2.24) is 9.62 Å². The van der Waals surface area contributed by atoms with Gasteiger partial charge in [0.1, 0.15) is 0 Å². The molecule has 1 N–H and O–H groups in total. The third-order valence-electron chi connectivity index (χ3n) is 4.15. The maximum absolute atomic E-state index is 12.6. The molecule has 1 aromatic rings.